The van der Waals surface area contributed by atoms with Crippen molar-refractivity contribution in [1.29, 1.82) is 10.5 Å². The lowest BCUT2D eigenvalue weighted by molar-refractivity contribution is -0.148. The van der Waals surface area contributed by atoms with Gasteiger partial charge in [0.05, 0.1) is 11.3 Å². The van der Waals surface area contributed by atoms with Gasteiger partial charge in [-0.3, -0.25) is 4.79 Å². The molecule has 1 N–H and O–H groups in total. The Morgan fingerprint density at radius 2 is 1.88 bits per heavy atom. The second kappa shape index (κ2) is 11.0. The first-order valence-corrected chi connectivity index (χ1v) is 10.5. The van der Waals surface area contributed by atoms with E-state index in [0.717, 1.165) is 29.9 Å². The molecule has 166 valence electrons. The molecule has 32 heavy (non-hydrogen) atoms. The van der Waals surface area contributed by atoms with Crippen LogP contribution >= 0.6 is 0 Å². The van der Waals surface area contributed by atoms with Crippen LogP contribution in [-0.4, -0.2) is 22.5 Å². The van der Waals surface area contributed by atoms with E-state index in [0.29, 0.717) is 17.2 Å². The van der Waals surface area contributed by atoms with E-state index in [1.165, 1.54) is 13.0 Å². The van der Waals surface area contributed by atoms with Gasteiger partial charge in [-0.2, -0.15) is 10.5 Å². The van der Waals surface area contributed by atoms with Gasteiger partial charge in [0.25, 0.3) is 5.91 Å². The second-order valence-corrected chi connectivity index (χ2v) is 8.02. The molecule has 1 heterocycles. The molecule has 2 aromatic rings. The van der Waals surface area contributed by atoms with Crippen LogP contribution in [0.1, 0.15) is 49.7 Å². The molecule has 2 rings (SSSR count). The van der Waals surface area contributed by atoms with Crippen molar-refractivity contribution in [2.45, 2.75) is 53.7 Å². The number of amides is 1. The molecule has 7 nitrogen and oxygen atoms in total. The monoisotopic (exact) mass is 432 g/mol. The van der Waals surface area contributed by atoms with E-state index in [2.05, 4.69) is 23.7 Å². The number of hydrogen-bond donors (Lipinski definition) is 1. The van der Waals surface area contributed by atoms with Crippen LogP contribution in [0.15, 0.2) is 35.9 Å². The maximum absolute atomic E-state index is 12.5. The highest BCUT2D eigenvalue weighted by molar-refractivity contribution is 6.01. The number of carbonyl (C=O) groups excluding carboxylic acids is 2. The molecule has 1 amide bonds. The fraction of sp³-hybridized carbons (Fsp3) is 0.360. The summed E-state index contributed by atoms with van der Waals surface area (Å²) in [5, 5.41) is 21.2. The van der Waals surface area contributed by atoms with Crippen molar-refractivity contribution in [3.05, 3.63) is 58.4 Å². The standard InChI is InChI=1S/C25H28N4O3/c1-16(2)10-11-29-17(3)12-21(18(29)4)13-22(15-27)25(31)32-19(5)24(30)28-23-9-7-6-8-20(23)14-26/h6-9,12-13,16,19H,10-11H2,1-5H3,(H,28,30)/b22-13+. The van der Waals surface area contributed by atoms with Gasteiger partial charge in [0.15, 0.2) is 6.10 Å². The largest absolute Gasteiger partial charge is 0.448 e. The average Bonchev–Trinajstić information content (AvgIpc) is 3.02. The molecule has 1 aromatic heterocycles. The van der Waals surface area contributed by atoms with Gasteiger partial charge in [0.2, 0.25) is 0 Å². The van der Waals surface area contributed by atoms with E-state index >= 15 is 0 Å². The van der Waals surface area contributed by atoms with E-state index in [1.807, 2.05) is 32.1 Å². The van der Waals surface area contributed by atoms with Crippen molar-refractivity contribution in [2.24, 2.45) is 5.92 Å². The summed E-state index contributed by atoms with van der Waals surface area (Å²) in [4.78, 5) is 24.9. The van der Waals surface area contributed by atoms with E-state index in [-0.39, 0.29) is 5.57 Å². The third kappa shape index (κ3) is 6.09. The van der Waals surface area contributed by atoms with Crippen molar-refractivity contribution >= 4 is 23.6 Å². The molecule has 7 heteroatoms. The lowest BCUT2D eigenvalue weighted by atomic mass is 10.1. The lowest BCUT2D eigenvalue weighted by Crippen LogP contribution is -2.30. The predicted octanol–water partition coefficient (Wildman–Crippen LogP) is 4.50. The zero-order valence-corrected chi connectivity index (χ0v) is 19.1. The van der Waals surface area contributed by atoms with E-state index in [1.54, 1.807) is 24.3 Å². The zero-order valence-electron chi connectivity index (χ0n) is 19.1. The summed E-state index contributed by atoms with van der Waals surface area (Å²) in [6, 6.07) is 12.3. The van der Waals surface area contributed by atoms with Gasteiger partial charge in [0.1, 0.15) is 17.7 Å². The number of aromatic nitrogens is 1. The summed E-state index contributed by atoms with van der Waals surface area (Å²) >= 11 is 0. The van der Waals surface area contributed by atoms with Crippen LogP contribution in [0.25, 0.3) is 6.08 Å². The van der Waals surface area contributed by atoms with Crippen LogP contribution in [0.4, 0.5) is 5.69 Å². The molecule has 0 radical (unpaired) electrons. The third-order valence-corrected chi connectivity index (χ3v) is 5.14. The summed E-state index contributed by atoms with van der Waals surface area (Å²) in [6.07, 6.45) is 1.37. The number of ether oxygens (including phenoxy) is 1. The molecule has 0 aliphatic rings. The second-order valence-electron chi connectivity index (χ2n) is 8.02. The summed E-state index contributed by atoms with van der Waals surface area (Å²) in [6.45, 7) is 10.5. The van der Waals surface area contributed by atoms with Crippen molar-refractivity contribution in [3.63, 3.8) is 0 Å². The lowest BCUT2D eigenvalue weighted by Gasteiger charge is -2.14. The number of anilines is 1. The van der Waals surface area contributed by atoms with E-state index in [9.17, 15) is 14.9 Å². The number of nitrogens with zero attached hydrogens (tertiary/aromatic N) is 3. The Hall–Kier alpha value is -3.84. The first kappa shape index (κ1) is 24.4. The van der Waals surface area contributed by atoms with Crippen molar-refractivity contribution in [2.75, 3.05) is 5.32 Å². The fourth-order valence-electron chi connectivity index (χ4n) is 3.20. The van der Waals surface area contributed by atoms with Crippen LogP contribution in [-0.2, 0) is 20.9 Å². The van der Waals surface area contributed by atoms with Crippen molar-refractivity contribution in [3.8, 4) is 12.1 Å². The molecular weight excluding hydrogens is 404 g/mol. The smallest absolute Gasteiger partial charge is 0.349 e. The van der Waals surface area contributed by atoms with E-state index < -0.39 is 18.0 Å². The Bertz CT molecular complexity index is 1110. The van der Waals surface area contributed by atoms with Gasteiger partial charge < -0.3 is 14.6 Å². The highest BCUT2D eigenvalue weighted by atomic mass is 16.5. The summed E-state index contributed by atoms with van der Waals surface area (Å²) in [7, 11) is 0. The number of hydrogen-bond acceptors (Lipinski definition) is 5. The van der Waals surface area contributed by atoms with Gasteiger partial charge in [-0.05, 0) is 62.9 Å². The Kier molecular flexibility index (Phi) is 8.38. The summed E-state index contributed by atoms with van der Waals surface area (Å²) in [5.74, 6) is -0.909. The van der Waals surface area contributed by atoms with E-state index in [4.69, 9.17) is 10.00 Å². The number of aryl methyl sites for hydroxylation is 1. The number of para-hydroxylation sites is 1. The fourth-order valence-corrected chi connectivity index (χ4v) is 3.20. The normalized spacial score (nSPS) is 12.1. The van der Waals surface area contributed by atoms with Crippen LogP contribution in [0.5, 0.6) is 0 Å². The molecule has 0 spiro atoms. The molecule has 1 unspecified atom stereocenters. The maximum Gasteiger partial charge on any atom is 0.349 e. The molecule has 0 bridgehead atoms. The van der Waals surface area contributed by atoms with Gasteiger partial charge in [0, 0.05) is 17.9 Å². The van der Waals surface area contributed by atoms with Crippen LogP contribution in [0.2, 0.25) is 0 Å². The first-order chi connectivity index (χ1) is 15.2. The molecule has 0 saturated carbocycles. The highest BCUT2D eigenvalue weighted by Gasteiger charge is 2.22. The van der Waals surface area contributed by atoms with Gasteiger partial charge in [-0.25, -0.2) is 4.79 Å². The Morgan fingerprint density at radius 3 is 2.50 bits per heavy atom. The molecule has 0 saturated heterocycles. The molecule has 1 atom stereocenters. The Balaban J connectivity index is 2.13. The molecule has 0 fully saturated rings. The minimum Gasteiger partial charge on any atom is -0.448 e. The minimum atomic E-state index is -1.15. The number of nitriles is 2. The van der Waals surface area contributed by atoms with Crippen LogP contribution < -0.4 is 5.32 Å². The zero-order chi connectivity index (χ0) is 23.8. The van der Waals surface area contributed by atoms with Crippen LogP contribution in [0.3, 0.4) is 0 Å². The number of esters is 1. The Morgan fingerprint density at radius 1 is 1.19 bits per heavy atom. The minimum absolute atomic E-state index is 0.189. The molecular formula is C25H28N4O3. The molecule has 0 aliphatic heterocycles. The number of rotatable bonds is 8. The van der Waals surface area contributed by atoms with Crippen molar-refractivity contribution in [1.82, 2.24) is 4.57 Å². The van der Waals surface area contributed by atoms with Gasteiger partial charge in [-0.1, -0.05) is 26.0 Å². The first-order valence-electron chi connectivity index (χ1n) is 10.5. The highest BCUT2D eigenvalue weighted by Crippen LogP contribution is 2.20. The summed E-state index contributed by atoms with van der Waals surface area (Å²) in [5.41, 5.74) is 3.20. The van der Waals surface area contributed by atoms with Gasteiger partial charge in [-0.15, -0.1) is 0 Å². The summed E-state index contributed by atoms with van der Waals surface area (Å²) < 4.78 is 7.37. The predicted molar refractivity (Wildman–Crippen MR) is 122 cm³/mol. The SMILES string of the molecule is Cc1cc(/C=C(\C#N)C(=O)OC(C)C(=O)Nc2ccccc2C#N)c(C)n1CCC(C)C. The Labute approximate surface area is 188 Å². The van der Waals surface area contributed by atoms with Crippen LogP contribution in [0, 0.1) is 42.4 Å². The number of benzene rings is 1. The number of carbonyl (C=O) groups is 2. The average molecular weight is 433 g/mol. The van der Waals surface area contributed by atoms with Crippen molar-refractivity contribution < 1.29 is 14.3 Å². The topological polar surface area (TPSA) is 108 Å². The molecule has 0 aliphatic carbocycles. The third-order valence-electron chi connectivity index (χ3n) is 5.14. The number of nitrogens with one attached hydrogen (secondary N) is 1. The quantitative estimate of drug-likeness (QED) is 0.375. The molecule has 1 aromatic carbocycles. The maximum atomic E-state index is 12.5. The van der Waals surface area contributed by atoms with Gasteiger partial charge >= 0.3 is 5.97 Å².